The molecule has 2 aromatic rings. The van der Waals surface area contributed by atoms with Crippen LogP contribution in [0.5, 0.6) is 5.75 Å². The van der Waals surface area contributed by atoms with Gasteiger partial charge in [0, 0.05) is 12.0 Å². The fourth-order valence-electron chi connectivity index (χ4n) is 3.01. The molecule has 7 heteroatoms. The number of anilines is 1. The number of urea groups is 1. The van der Waals surface area contributed by atoms with Gasteiger partial charge in [0.2, 0.25) is 5.91 Å². The van der Waals surface area contributed by atoms with E-state index < -0.39 is 24.1 Å². The summed E-state index contributed by atoms with van der Waals surface area (Å²) in [4.78, 5) is 23.7. The van der Waals surface area contributed by atoms with Gasteiger partial charge in [-0.15, -0.1) is 0 Å². The number of primary amides is 1. The first-order chi connectivity index (χ1) is 12.0. The van der Waals surface area contributed by atoms with Gasteiger partial charge in [0.25, 0.3) is 0 Å². The van der Waals surface area contributed by atoms with Gasteiger partial charge in [-0.1, -0.05) is 24.3 Å². The summed E-state index contributed by atoms with van der Waals surface area (Å²) in [6.07, 6.45) is -0.205. The van der Waals surface area contributed by atoms with Gasteiger partial charge in [0.15, 0.2) is 0 Å². The monoisotopic (exact) mass is 341 g/mol. The molecule has 0 saturated heterocycles. The first kappa shape index (κ1) is 16.8. The Bertz CT molecular complexity index is 822. The average molecular weight is 341 g/mol. The van der Waals surface area contributed by atoms with Crippen molar-refractivity contribution in [3.8, 4) is 5.75 Å². The maximum atomic E-state index is 12.4. The van der Waals surface area contributed by atoms with Gasteiger partial charge in [-0.2, -0.15) is 0 Å². The molecule has 2 aromatic carbocycles. The van der Waals surface area contributed by atoms with E-state index in [0.29, 0.717) is 17.9 Å². The van der Waals surface area contributed by atoms with Crippen molar-refractivity contribution in [3.63, 3.8) is 0 Å². The standard InChI is InChI=1S/C18H19N3O4/c1-25-15-7-6-11(17(19)23)8-13(15)20-18(24)21-16-12-5-3-2-4-10(12)9-14(16)22/h2-8,14,16,22H,9H2,1H3,(H2,19,23)(H2,20,21,24)/t14-,16+/m1/s1. The molecule has 130 valence electrons. The summed E-state index contributed by atoms with van der Waals surface area (Å²) in [5, 5.41) is 15.6. The van der Waals surface area contributed by atoms with Crippen molar-refractivity contribution in [2.75, 3.05) is 12.4 Å². The second-order valence-corrected chi connectivity index (χ2v) is 5.83. The van der Waals surface area contributed by atoms with Crippen molar-refractivity contribution in [1.82, 2.24) is 5.32 Å². The summed E-state index contributed by atoms with van der Waals surface area (Å²) in [5.74, 6) is -0.209. The highest BCUT2D eigenvalue weighted by molar-refractivity contribution is 5.97. The van der Waals surface area contributed by atoms with Crippen LogP contribution in [0.15, 0.2) is 42.5 Å². The van der Waals surface area contributed by atoms with E-state index >= 15 is 0 Å². The fraction of sp³-hybridized carbons (Fsp3) is 0.222. The summed E-state index contributed by atoms with van der Waals surface area (Å²) in [5.41, 5.74) is 7.74. The van der Waals surface area contributed by atoms with Crippen molar-refractivity contribution < 1.29 is 19.4 Å². The first-order valence-electron chi connectivity index (χ1n) is 7.81. The molecule has 0 saturated carbocycles. The minimum atomic E-state index is -0.693. The fourth-order valence-corrected chi connectivity index (χ4v) is 3.01. The SMILES string of the molecule is COc1ccc(C(N)=O)cc1NC(=O)N[C@H]1c2ccccc2C[C@H]1O. The summed E-state index contributed by atoms with van der Waals surface area (Å²) < 4.78 is 5.18. The molecule has 5 N–H and O–H groups in total. The zero-order chi connectivity index (χ0) is 18.0. The Kier molecular flexibility index (Phi) is 4.58. The van der Waals surface area contributed by atoms with E-state index in [1.54, 1.807) is 6.07 Å². The molecule has 0 aliphatic heterocycles. The van der Waals surface area contributed by atoms with Crippen LogP contribution in [0.4, 0.5) is 10.5 Å². The molecule has 1 aliphatic rings. The van der Waals surface area contributed by atoms with Gasteiger partial charge < -0.3 is 26.2 Å². The van der Waals surface area contributed by atoms with Gasteiger partial charge in [0.1, 0.15) is 5.75 Å². The molecule has 7 nitrogen and oxygen atoms in total. The lowest BCUT2D eigenvalue weighted by atomic mass is 10.1. The van der Waals surface area contributed by atoms with Gasteiger partial charge in [-0.05, 0) is 29.3 Å². The number of aliphatic hydroxyl groups is 1. The molecule has 0 heterocycles. The molecule has 25 heavy (non-hydrogen) atoms. The molecular weight excluding hydrogens is 322 g/mol. The molecular formula is C18H19N3O4. The van der Waals surface area contributed by atoms with E-state index in [9.17, 15) is 14.7 Å². The highest BCUT2D eigenvalue weighted by atomic mass is 16.5. The third-order valence-electron chi connectivity index (χ3n) is 4.22. The molecule has 1 aliphatic carbocycles. The number of hydrogen-bond acceptors (Lipinski definition) is 4. The van der Waals surface area contributed by atoms with Crippen molar-refractivity contribution in [1.29, 1.82) is 0 Å². The molecule has 3 rings (SSSR count). The van der Waals surface area contributed by atoms with Crippen LogP contribution in [0.2, 0.25) is 0 Å². The summed E-state index contributed by atoms with van der Waals surface area (Å²) in [7, 11) is 1.46. The Hall–Kier alpha value is -3.06. The van der Waals surface area contributed by atoms with E-state index in [4.69, 9.17) is 10.5 Å². The highest BCUT2D eigenvalue weighted by Gasteiger charge is 2.32. The number of rotatable bonds is 4. The predicted octanol–water partition coefficient (Wildman–Crippen LogP) is 1.57. The van der Waals surface area contributed by atoms with Crippen molar-refractivity contribution >= 4 is 17.6 Å². The number of fused-ring (bicyclic) bond motifs is 1. The van der Waals surface area contributed by atoms with E-state index in [-0.39, 0.29) is 5.56 Å². The van der Waals surface area contributed by atoms with Crippen LogP contribution < -0.4 is 21.1 Å². The largest absolute Gasteiger partial charge is 0.495 e. The van der Waals surface area contributed by atoms with Crippen LogP contribution in [0.3, 0.4) is 0 Å². The Labute approximate surface area is 144 Å². The van der Waals surface area contributed by atoms with Crippen LogP contribution >= 0.6 is 0 Å². The van der Waals surface area contributed by atoms with E-state index in [2.05, 4.69) is 10.6 Å². The smallest absolute Gasteiger partial charge is 0.319 e. The molecule has 0 radical (unpaired) electrons. The topological polar surface area (TPSA) is 114 Å². The Morgan fingerprint density at radius 3 is 2.72 bits per heavy atom. The average Bonchev–Trinajstić information content (AvgIpc) is 2.90. The van der Waals surface area contributed by atoms with E-state index in [1.807, 2.05) is 24.3 Å². The summed E-state index contributed by atoms with van der Waals surface area (Å²) in [6, 6.07) is 11.1. The number of amides is 3. The highest BCUT2D eigenvalue weighted by Crippen LogP contribution is 2.31. The molecule has 0 aromatic heterocycles. The number of nitrogens with one attached hydrogen (secondary N) is 2. The zero-order valence-corrected chi connectivity index (χ0v) is 13.7. The first-order valence-corrected chi connectivity index (χ1v) is 7.81. The number of hydrogen-bond donors (Lipinski definition) is 4. The number of carbonyl (C=O) groups is 2. The molecule has 0 unspecified atom stereocenters. The Morgan fingerprint density at radius 1 is 1.24 bits per heavy atom. The van der Waals surface area contributed by atoms with Gasteiger partial charge in [-0.25, -0.2) is 4.79 Å². The zero-order valence-electron chi connectivity index (χ0n) is 13.7. The molecule has 0 bridgehead atoms. The van der Waals surface area contributed by atoms with Crippen LogP contribution in [0, 0.1) is 0 Å². The second kappa shape index (κ2) is 6.82. The number of carbonyl (C=O) groups excluding carboxylic acids is 2. The quantitative estimate of drug-likeness (QED) is 0.676. The van der Waals surface area contributed by atoms with Gasteiger partial charge in [0.05, 0.1) is 24.9 Å². The summed E-state index contributed by atoms with van der Waals surface area (Å²) >= 11 is 0. The van der Waals surface area contributed by atoms with E-state index in [0.717, 1.165) is 11.1 Å². The molecule has 2 atom stereocenters. The number of aliphatic hydroxyl groups excluding tert-OH is 1. The van der Waals surface area contributed by atoms with Gasteiger partial charge >= 0.3 is 6.03 Å². The number of benzene rings is 2. The van der Waals surface area contributed by atoms with Crippen molar-refractivity contribution in [3.05, 3.63) is 59.2 Å². The second-order valence-electron chi connectivity index (χ2n) is 5.83. The minimum Gasteiger partial charge on any atom is -0.495 e. The number of ether oxygens (including phenoxy) is 1. The third-order valence-corrected chi connectivity index (χ3v) is 4.22. The van der Waals surface area contributed by atoms with Crippen molar-refractivity contribution in [2.45, 2.75) is 18.6 Å². The molecule has 0 fully saturated rings. The number of methoxy groups -OCH3 is 1. The number of nitrogens with two attached hydrogens (primary N) is 1. The Balaban J connectivity index is 1.77. The normalized spacial score (nSPS) is 18.3. The van der Waals surface area contributed by atoms with Crippen LogP contribution in [0.1, 0.15) is 27.5 Å². The maximum Gasteiger partial charge on any atom is 0.319 e. The lowest BCUT2D eigenvalue weighted by molar-refractivity contribution is 0.1000. The molecule has 0 spiro atoms. The third kappa shape index (κ3) is 3.41. The van der Waals surface area contributed by atoms with E-state index in [1.165, 1.54) is 19.2 Å². The lowest BCUT2D eigenvalue weighted by Crippen LogP contribution is -2.36. The Morgan fingerprint density at radius 2 is 2.00 bits per heavy atom. The predicted molar refractivity (Wildman–Crippen MR) is 92.6 cm³/mol. The maximum absolute atomic E-state index is 12.4. The van der Waals surface area contributed by atoms with Crippen molar-refractivity contribution in [2.24, 2.45) is 5.73 Å². The summed E-state index contributed by atoms with van der Waals surface area (Å²) in [6.45, 7) is 0. The lowest BCUT2D eigenvalue weighted by Gasteiger charge is -2.19. The minimum absolute atomic E-state index is 0.252. The van der Waals surface area contributed by atoms with Crippen LogP contribution in [0.25, 0.3) is 0 Å². The van der Waals surface area contributed by atoms with Crippen LogP contribution in [-0.2, 0) is 6.42 Å². The van der Waals surface area contributed by atoms with Crippen LogP contribution in [-0.4, -0.2) is 30.3 Å². The van der Waals surface area contributed by atoms with Gasteiger partial charge in [-0.3, -0.25) is 4.79 Å². The molecule has 3 amide bonds.